The molecule has 23 heavy (non-hydrogen) atoms. The van der Waals surface area contributed by atoms with Crippen LogP contribution in [0.1, 0.15) is 25.0 Å². The van der Waals surface area contributed by atoms with Crippen molar-refractivity contribution in [1.29, 1.82) is 0 Å². The summed E-state index contributed by atoms with van der Waals surface area (Å²) >= 11 is 5.97. The molecule has 1 unspecified atom stereocenters. The lowest BCUT2D eigenvalue weighted by molar-refractivity contribution is -0.118. The molecule has 1 aromatic carbocycles. The van der Waals surface area contributed by atoms with Crippen molar-refractivity contribution in [2.45, 2.75) is 38.6 Å². The maximum absolute atomic E-state index is 12.3. The van der Waals surface area contributed by atoms with Gasteiger partial charge in [-0.25, -0.2) is 4.99 Å². The first-order chi connectivity index (χ1) is 10.8. The van der Waals surface area contributed by atoms with E-state index in [2.05, 4.69) is 48.9 Å². The van der Waals surface area contributed by atoms with Crippen molar-refractivity contribution in [1.82, 2.24) is 10.2 Å². The Morgan fingerprint density at radius 2 is 1.96 bits per heavy atom. The molecule has 0 aliphatic carbocycles. The predicted molar refractivity (Wildman–Crippen MR) is 101 cm³/mol. The molecule has 4 nitrogen and oxygen atoms in total. The number of carbonyl (C=O) groups is 1. The van der Waals surface area contributed by atoms with Crippen LogP contribution in [0.25, 0.3) is 0 Å². The number of amidine groups is 1. The summed E-state index contributed by atoms with van der Waals surface area (Å²) in [6.45, 7) is 8.10. The normalized spacial score (nSPS) is 18.1. The highest BCUT2D eigenvalue weighted by Crippen LogP contribution is 2.26. The largest absolute Gasteiger partial charge is 0.355 e. The monoisotopic (exact) mass is 349 g/mol. The van der Waals surface area contributed by atoms with E-state index in [9.17, 15) is 4.79 Å². The molecule has 1 atom stereocenters. The molecular weight excluding hydrogens is 326 g/mol. The van der Waals surface area contributed by atoms with Crippen molar-refractivity contribution in [2.24, 2.45) is 4.99 Å². The minimum absolute atomic E-state index is 0.0331. The molecule has 0 aromatic heterocycles. The Kier molecular flexibility index (Phi) is 5.81. The molecule has 124 valence electrons. The lowest BCUT2D eigenvalue weighted by Crippen LogP contribution is -2.43. The molecule has 1 amide bonds. The van der Waals surface area contributed by atoms with Gasteiger partial charge in [-0.1, -0.05) is 18.2 Å². The average Bonchev–Trinajstić information content (AvgIpc) is 2.49. The maximum atomic E-state index is 12.3. The number of thiol groups is 1. The van der Waals surface area contributed by atoms with Gasteiger partial charge in [0.05, 0.1) is 17.5 Å². The summed E-state index contributed by atoms with van der Waals surface area (Å²) in [6, 6.07) is 6.22. The highest BCUT2D eigenvalue weighted by molar-refractivity contribution is 8.00. The average molecular weight is 350 g/mol. The van der Waals surface area contributed by atoms with Crippen LogP contribution in [-0.2, 0) is 4.79 Å². The number of hydrogen-bond donors (Lipinski definition) is 2. The zero-order valence-electron chi connectivity index (χ0n) is 14.2. The third kappa shape index (κ3) is 4.12. The topological polar surface area (TPSA) is 44.7 Å². The predicted octanol–water partition coefficient (Wildman–Crippen LogP) is 3.36. The molecule has 2 rings (SSSR count). The Labute approximate surface area is 147 Å². The Bertz CT molecular complexity index is 662. The molecule has 1 N–H and O–H groups in total. The lowest BCUT2D eigenvalue weighted by atomic mass is 10.2. The highest BCUT2D eigenvalue weighted by Gasteiger charge is 2.24. The van der Waals surface area contributed by atoms with Crippen molar-refractivity contribution >= 4 is 36.1 Å². The molecular formula is C17H23N3OS2. The van der Waals surface area contributed by atoms with Crippen molar-refractivity contribution in [3.63, 3.8) is 0 Å². The molecule has 6 heteroatoms. The first-order valence-electron chi connectivity index (χ1n) is 7.51. The first-order valence-corrected chi connectivity index (χ1v) is 8.94. The Hall–Kier alpha value is -1.40. The quantitative estimate of drug-likeness (QED) is 0.647. The summed E-state index contributed by atoms with van der Waals surface area (Å²) in [4.78, 5) is 19.9. The van der Waals surface area contributed by atoms with Crippen LogP contribution >= 0.6 is 24.4 Å². The summed E-state index contributed by atoms with van der Waals surface area (Å²) in [6.07, 6.45) is 0. The molecule has 0 radical (unpaired) electrons. The molecule has 0 saturated carbocycles. The second kappa shape index (κ2) is 7.45. The Balaban J connectivity index is 2.04. The van der Waals surface area contributed by atoms with Gasteiger partial charge in [0.2, 0.25) is 5.91 Å². The lowest BCUT2D eigenvalue weighted by Gasteiger charge is -2.32. The van der Waals surface area contributed by atoms with Gasteiger partial charge in [0.25, 0.3) is 0 Å². The minimum Gasteiger partial charge on any atom is -0.355 e. The molecule has 0 saturated heterocycles. The minimum atomic E-state index is -0.0331. The molecule has 1 aliphatic heterocycles. The fourth-order valence-corrected chi connectivity index (χ4v) is 3.79. The van der Waals surface area contributed by atoms with Crippen molar-refractivity contribution < 1.29 is 4.79 Å². The van der Waals surface area contributed by atoms with E-state index in [0.29, 0.717) is 10.8 Å². The molecule has 1 aliphatic rings. The van der Waals surface area contributed by atoms with Crippen molar-refractivity contribution in [3.05, 3.63) is 40.1 Å². The standard InChI is InChI=1S/C17H23N3OS2/c1-10-7-6-8-11(2)16(10)23-9-14(21)19-15-12(3)20(5)13(4)18-17(15)22/h6-8,12,22H,9H2,1-5H3,(H,19,21). The van der Waals surface area contributed by atoms with Crippen LogP contribution in [0.15, 0.2) is 38.8 Å². The van der Waals surface area contributed by atoms with Gasteiger partial charge in [0.1, 0.15) is 10.9 Å². The zero-order chi connectivity index (χ0) is 17.1. The number of aliphatic imine (C=N–C) groups is 1. The van der Waals surface area contributed by atoms with Gasteiger partial charge in [0, 0.05) is 11.9 Å². The number of amides is 1. The number of benzene rings is 1. The zero-order valence-corrected chi connectivity index (χ0v) is 15.9. The van der Waals surface area contributed by atoms with Gasteiger partial charge in [-0.15, -0.1) is 24.4 Å². The summed E-state index contributed by atoms with van der Waals surface area (Å²) in [5.41, 5.74) is 3.15. The van der Waals surface area contributed by atoms with E-state index in [1.807, 2.05) is 31.9 Å². The number of nitrogens with zero attached hydrogens (tertiary/aromatic N) is 2. The number of carbonyl (C=O) groups excluding carboxylic acids is 1. The molecule has 0 bridgehead atoms. The number of nitrogens with one attached hydrogen (secondary N) is 1. The number of aryl methyl sites for hydroxylation is 2. The second-order valence-corrected chi connectivity index (χ2v) is 7.15. The third-order valence-corrected chi connectivity index (χ3v) is 5.73. The van der Waals surface area contributed by atoms with Crippen LogP contribution in [0, 0.1) is 13.8 Å². The number of likely N-dealkylation sites (N-methyl/N-ethyl adjacent to an activating group) is 1. The number of rotatable bonds is 4. The Morgan fingerprint density at radius 3 is 2.57 bits per heavy atom. The molecule has 1 aromatic rings. The van der Waals surface area contributed by atoms with E-state index in [-0.39, 0.29) is 11.9 Å². The van der Waals surface area contributed by atoms with Gasteiger partial charge in [0.15, 0.2) is 0 Å². The van der Waals surface area contributed by atoms with Gasteiger partial charge in [-0.3, -0.25) is 4.79 Å². The second-order valence-electron chi connectivity index (χ2n) is 5.74. The summed E-state index contributed by atoms with van der Waals surface area (Å²) in [7, 11) is 1.96. The van der Waals surface area contributed by atoms with Crippen LogP contribution in [0.2, 0.25) is 0 Å². The molecule has 1 heterocycles. The van der Waals surface area contributed by atoms with E-state index < -0.39 is 0 Å². The fraction of sp³-hybridized carbons (Fsp3) is 0.412. The van der Waals surface area contributed by atoms with E-state index in [1.165, 1.54) is 16.0 Å². The Morgan fingerprint density at radius 1 is 1.35 bits per heavy atom. The SMILES string of the molecule is CC1=NC(S)=C(NC(=O)CSc2c(C)cccc2C)C(C)N1C. The van der Waals surface area contributed by atoms with Crippen LogP contribution in [0.3, 0.4) is 0 Å². The third-order valence-electron chi connectivity index (χ3n) is 4.05. The van der Waals surface area contributed by atoms with Crippen LogP contribution in [0.4, 0.5) is 0 Å². The van der Waals surface area contributed by atoms with E-state index in [0.717, 1.165) is 11.5 Å². The van der Waals surface area contributed by atoms with Gasteiger partial charge in [-0.2, -0.15) is 0 Å². The van der Waals surface area contributed by atoms with Gasteiger partial charge >= 0.3 is 0 Å². The smallest absolute Gasteiger partial charge is 0.234 e. The molecule has 0 spiro atoms. The number of thioether (sulfide) groups is 1. The van der Waals surface area contributed by atoms with Crippen LogP contribution in [0.5, 0.6) is 0 Å². The van der Waals surface area contributed by atoms with Gasteiger partial charge < -0.3 is 10.2 Å². The molecule has 0 fully saturated rings. The maximum Gasteiger partial charge on any atom is 0.234 e. The first kappa shape index (κ1) is 17.9. The van der Waals surface area contributed by atoms with Gasteiger partial charge in [-0.05, 0) is 38.8 Å². The summed E-state index contributed by atoms with van der Waals surface area (Å²) in [5, 5.41) is 3.56. The van der Waals surface area contributed by atoms with Crippen molar-refractivity contribution in [3.8, 4) is 0 Å². The number of hydrogen-bond acceptors (Lipinski definition) is 5. The van der Waals surface area contributed by atoms with E-state index >= 15 is 0 Å². The highest BCUT2D eigenvalue weighted by atomic mass is 32.2. The summed E-state index contributed by atoms with van der Waals surface area (Å²) in [5.74, 6) is 1.23. The van der Waals surface area contributed by atoms with E-state index in [4.69, 9.17) is 0 Å². The summed E-state index contributed by atoms with van der Waals surface area (Å²) < 4.78 is 0. The van der Waals surface area contributed by atoms with Crippen molar-refractivity contribution in [2.75, 3.05) is 12.8 Å². The van der Waals surface area contributed by atoms with Crippen LogP contribution < -0.4 is 5.32 Å². The van der Waals surface area contributed by atoms with Crippen LogP contribution in [-0.4, -0.2) is 35.5 Å². The fourth-order valence-electron chi connectivity index (χ4n) is 2.46. The van der Waals surface area contributed by atoms with E-state index in [1.54, 1.807) is 11.8 Å².